The summed E-state index contributed by atoms with van der Waals surface area (Å²) in [6, 6.07) is 7.22. The van der Waals surface area contributed by atoms with E-state index in [-0.39, 0.29) is 18.0 Å². The summed E-state index contributed by atoms with van der Waals surface area (Å²) < 4.78 is 10.1. The Morgan fingerprint density at radius 2 is 2.14 bits per heavy atom. The average molecular weight is 289 g/mol. The molecule has 1 saturated heterocycles. The van der Waals surface area contributed by atoms with Crippen LogP contribution in [0.25, 0.3) is 6.08 Å². The second-order valence-corrected chi connectivity index (χ2v) is 4.70. The van der Waals surface area contributed by atoms with Crippen LogP contribution < -0.4 is 5.32 Å². The fourth-order valence-electron chi connectivity index (χ4n) is 2.04. The van der Waals surface area contributed by atoms with E-state index in [0.717, 1.165) is 18.4 Å². The van der Waals surface area contributed by atoms with Crippen LogP contribution in [0.5, 0.6) is 0 Å². The molecule has 0 unspecified atom stereocenters. The van der Waals surface area contributed by atoms with Gasteiger partial charge in [-0.2, -0.15) is 0 Å². The molecule has 0 radical (unpaired) electrons. The van der Waals surface area contributed by atoms with Crippen LogP contribution in [0, 0.1) is 0 Å². The van der Waals surface area contributed by atoms with E-state index in [2.05, 4.69) is 5.32 Å². The van der Waals surface area contributed by atoms with Gasteiger partial charge in [0.25, 0.3) is 5.91 Å². The lowest BCUT2D eigenvalue weighted by atomic mass is 10.2. The lowest BCUT2D eigenvalue weighted by Crippen LogP contribution is -2.26. The highest BCUT2D eigenvalue weighted by Gasteiger charge is 2.23. The van der Waals surface area contributed by atoms with Crippen molar-refractivity contribution in [1.29, 1.82) is 0 Å². The number of esters is 1. The van der Waals surface area contributed by atoms with E-state index in [1.165, 1.54) is 6.08 Å². The Hall–Kier alpha value is -2.14. The Morgan fingerprint density at radius 3 is 2.76 bits per heavy atom. The zero-order chi connectivity index (χ0) is 15.1. The number of rotatable bonds is 5. The number of hydrogen-bond donors (Lipinski definition) is 1. The lowest BCUT2D eigenvalue weighted by Gasteiger charge is -2.10. The first-order valence-corrected chi connectivity index (χ1v) is 7.06. The molecule has 0 aliphatic carbocycles. The van der Waals surface area contributed by atoms with Gasteiger partial charge in [0, 0.05) is 18.4 Å². The van der Waals surface area contributed by atoms with Crippen molar-refractivity contribution >= 4 is 23.6 Å². The van der Waals surface area contributed by atoms with Crippen LogP contribution in [0.4, 0.5) is 5.69 Å². The summed E-state index contributed by atoms with van der Waals surface area (Å²) in [4.78, 5) is 23.1. The number of carbonyl (C=O) groups is 2. The molecule has 0 bridgehead atoms. The molecule has 5 nitrogen and oxygen atoms in total. The first-order chi connectivity index (χ1) is 10.2. The molecule has 5 heteroatoms. The number of carbonyl (C=O) groups excluding carboxylic acids is 2. The predicted molar refractivity (Wildman–Crippen MR) is 79.7 cm³/mol. The third-order valence-electron chi connectivity index (χ3n) is 3.10. The van der Waals surface area contributed by atoms with Gasteiger partial charge in [0.05, 0.1) is 6.61 Å². The predicted octanol–water partition coefficient (Wildman–Crippen LogP) is 2.38. The van der Waals surface area contributed by atoms with Gasteiger partial charge in [0.2, 0.25) is 0 Å². The number of ether oxygens (including phenoxy) is 2. The van der Waals surface area contributed by atoms with E-state index in [1.54, 1.807) is 25.1 Å². The smallest absolute Gasteiger partial charge is 0.330 e. The Morgan fingerprint density at radius 1 is 1.38 bits per heavy atom. The van der Waals surface area contributed by atoms with Gasteiger partial charge in [0.15, 0.2) is 0 Å². The Bertz CT molecular complexity index is 516. The number of amides is 1. The standard InChI is InChI=1S/C16H19NO4/c1-2-20-15(18)10-7-12-5-8-13(9-6-12)17-16(19)14-4-3-11-21-14/h5-10,14H,2-4,11H2,1H3,(H,17,19)/b10-7+/t14-/m0/s1. The van der Waals surface area contributed by atoms with Crippen LogP contribution in [-0.4, -0.2) is 31.2 Å². The third-order valence-corrected chi connectivity index (χ3v) is 3.10. The molecular formula is C16H19NO4. The summed E-state index contributed by atoms with van der Waals surface area (Å²) in [7, 11) is 0. The van der Waals surface area contributed by atoms with Crippen LogP contribution in [0.15, 0.2) is 30.3 Å². The van der Waals surface area contributed by atoms with Gasteiger partial charge in [-0.25, -0.2) is 4.79 Å². The first kappa shape index (κ1) is 15.3. The van der Waals surface area contributed by atoms with E-state index in [4.69, 9.17) is 9.47 Å². The SMILES string of the molecule is CCOC(=O)/C=C/c1ccc(NC(=O)[C@@H]2CCCO2)cc1. The van der Waals surface area contributed by atoms with E-state index in [0.29, 0.717) is 18.9 Å². The molecule has 112 valence electrons. The van der Waals surface area contributed by atoms with Crippen molar-refractivity contribution < 1.29 is 19.1 Å². The van der Waals surface area contributed by atoms with Crippen molar-refractivity contribution in [2.75, 3.05) is 18.5 Å². The maximum Gasteiger partial charge on any atom is 0.330 e. The lowest BCUT2D eigenvalue weighted by molar-refractivity contribution is -0.137. The molecule has 1 aliphatic heterocycles. The fourth-order valence-corrected chi connectivity index (χ4v) is 2.04. The molecule has 1 N–H and O–H groups in total. The molecule has 1 fully saturated rings. The van der Waals surface area contributed by atoms with Crippen LogP contribution in [0.1, 0.15) is 25.3 Å². The maximum atomic E-state index is 11.9. The molecule has 1 aliphatic rings. The summed E-state index contributed by atoms with van der Waals surface area (Å²) in [5.41, 5.74) is 1.57. The zero-order valence-corrected chi connectivity index (χ0v) is 12.0. The monoisotopic (exact) mass is 289 g/mol. The van der Waals surface area contributed by atoms with E-state index < -0.39 is 0 Å². The third kappa shape index (κ3) is 4.72. The Balaban J connectivity index is 1.89. The van der Waals surface area contributed by atoms with Crippen molar-refractivity contribution in [2.45, 2.75) is 25.9 Å². The largest absolute Gasteiger partial charge is 0.463 e. The summed E-state index contributed by atoms with van der Waals surface area (Å²) in [6.45, 7) is 2.77. The van der Waals surface area contributed by atoms with Crippen LogP contribution in [0.2, 0.25) is 0 Å². The minimum Gasteiger partial charge on any atom is -0.463 e. The summed E-state index contributed by atoms with van der Waals surface area (Å²) >= 11 is 0. The summed E-state index contributed by atoms with van der Waals surface area (Å²) in [5, 5.41) is 2.82. The van der Waals surface area contributed by atoms with Gasteiger partial charge in [-0.1, -0.05) is 12.1 Å². The minimum absolute atomic E-state index is 0.109. The molecule has 21 heavy (non-hydrogen) atoms. The van der Waals surface area contributed by atoms with Crippen molar-refractivity contribution in [3.05, 3.63) is 35.9 Å². The van der Waals surface area contributed by atoms with Gasteiger partial charge in [0.1, 0.15) is 6.10 Å². The molecule has 1 atom stereocenters. The van der Waals surface area contributed by atoms with Gasteiger partial charge in [-0.15, -0.1) is 0 Å². The minimum atomic E-state index is -0.367. The van der Waals surface area contributed by atoms with Crippen LogP contribution >= 0.6 is 0 Å². The molecule has 0 aromatic heterocycles. The fraction of sp³-hybridized carbons (Fsp3) is 0.375. The quantitative estimate of drug-likeness (QED) is 0.667. The molecule has 1 heterocycles. The Kier molecular flexibility index (Phi) is 5.51. The Labute approximate surface area is 123 Å². The molecule has 2 rings (SSSR count). The molecule has 0 spiro atoms. The molecule has 1 amide bonds. The van der Waals surface area contributed by atoms with E-state index in [9.17, 15) is 9.59 Å². The van der Waals surface area contributed by atoms with Crippen LogP contribution in [-0.2, 0) is 19.1 Å². The number of hydrogen-bond acceptors (Lipinski definition) is 4. The highest BCUT2D eigenvalue weighted by molar-refractivity contribution is 5.94. The van der Waals surface area contributed by atoms with Gasteiger partial charge < -0.3 is 14.8 Å². The van der Waals surface area contributed by atoms with Crippen molar-refractivity contribution in [1.82, 2.24) is 0 Å². The maximum absolute atomic E-state index is 11.9. The number of nitrogens with one attached hydrogen (secondary N) is 1. The molecular weight excluding hydrogens is 270 g/mol. The van der Waals surface area contributed by atoms with Crippen molar-refractivity contribution in [2.24, 2.45) is 0 Å². The van der Waals surface area contributed by atoms with Gasteiger partial charge >= 0.3 is 5.97 Å². The van der Waals surface area contributed by atoms with E-state index in [1.807, 2.05) is 12.1 Å². The van der Waals surface area contributed by atoms with E-state index >= 15 is 0 Å². The highest BCUT2D eigenvalue weighted by Crippen LogP contribution is 2.16. The van der Waals surface area contributed by atoms with Crippen molar-refractivity contribution in [3.8, 4) is 0 Å². The number of benzene rings is 1. The second kappa shape index (κ2) is 7.59. The molecule has 0 saturated carbocycles. The topological polar surface area (TPSA) is 64.6 Å². The van der Waals surface area contributed by atoms with Gasteiger partial charge in [-0.05, 0) is 43.5 Å². The second-order valence-electron chi connectivity index (χ2n) is 4.70. The van der Waals surface area contributed by atoms with Crippen molar-refractivity contribution in [3.63, 3.8) is 0 Å². The molecule has 1 aromatic rings. The highest BCUT2D eigenvalue weighted by atomic mass is 16.5. The molecule has 1 aromatic carbocycles. The zero-order valence-electron chi connectivity index (χ0n) is 12.0. The normalized spacial score (nSPS) is 17.9. The number of anilines is 1. The average Bonchev–Trinajstić information content (AvgIpc) is 3.01. The summed E-state index contributed by atoms with van der Waals surface area (Å²) in [6.07, 6.45) is 4.41. The first-order valence-electron chi connectivity index (χ1n) is 7.06. The summed E-state index contributed by atoms with van der Waals surface area (Å²) in [5.74, 6) is -0.476. The van der Waals surface area contributed by atoms with Gasteiger partial charge in [-0.3, -0.25) is 4.79 Å². The van der Waals surface area contributed by atoms with Crippen LogP contribution in [0.3, 0.4) is 0 Å².